The molecule has 0 aliphatic rings. The fourth-order valence-corrected chi connectivity index (χ4v) is 1.50. The first kappa shape index (κ1) is 8.99. The second-order valence-corrected chi connectivity index (χ2v) is 3.79. The number of fused-ring (bicyclic) bond motifs is 1. The molecule has 0 bridgehead atoms. The lowest BCUT2D eigenvalue weighted by Crippen LogP contribution is -1.99. The summed E-state index contributed by atoms with van der Waals surface area (Å²) >= 11 is 0. The van der Waals surface area contributed by atoms with E-state index in [4.69, 9.17) is 10.2 Å². The van der Waals surface area contributed by atoms with Gasteiger partial charge < -0.3 is 10.2 Å². The van der Waals surface area contributed by atoms with Crippen LogP contribution in [0.4, 0.5) is 5.69 Å². The van der Waals surface area contributed by atoms with E-state index >= 15 is 0 Å². The number of hydrogen-bond donors (Lipinski definition) is 1. The number of nitrogens with zero attached hydrogens (tertiary/aromatic N) is 2. The standard InChI is InChI=1S/C10H13N3O/c1-6(2)3-8-9-7(11)4-14-10(9)13-5-12-8/h4-6H,3,11H2,1-2H3. The van der Waals surface area contributed by atoms with Gasteiger partial charge in [-0.3, -0.25) is 0 Å². The van der Waals surface area contributed by atoms with Gasteiger partial charge in [0, 0.05) is 0 Å². The molecule has 4 nitrogen and oxygen atoms in total. The van der Waals surface area contributed by atoms with Gasteiger partial charge in [-0.2, -0.15) is 0 Å². The summed E-state index contributed by atoms with van der Waals surface area (Å²) in [6.07, 6.45) is 3.93. The fourth-order valence-electron chi connectivity index (χ4n) is 1.50. The molecular weight excluding hydrogens is 178 g/mol. The highest BCUT2D eigenvalue weighted by molar-refractivity contribution is 5.88. The summed E-state index contributed by atoms with van der Waals surface area (Å²) in [6, 6.07) is 0. The molecule has 0 amide bonds. The van der Waals surface area contributed by atoms with Crippen LogP contribution < -0.4 is 5.73 Å². The maximum Gasteiger partial charge on any atom is 0.231 e. The van der Waals surface area contributed by atoms with E-state index < -0.39 is 0 Å². The Bertz CT molecular complexity index is 448. The van der Waals surface area contributed by atoms with Crippen molar-refractivity contribution in [3.05, 3.63) is 18.3 Å². The largest absolute Gasteiger partial charge is 0.444 e. The number of hydrogen-bond acceptors (Lipinski definition) is 4. The zero-order chi connectivity index (χ0) is 10.1. The molecule has 0 saturated carbocycles. The van der Waals surface area contributed by atoms with Crippen LogP contribution in [0.2, 0.25) is 0 Å². The average Bonchev–Trinajstić information content (AvgIpc) is 2.48. The molecule has 0 spiro atoms. The quantitative estimate of drug-likeness (QED) is 0.788. The van der Waals surface area contributed by atoms with Crippen LogP contribution in [0.25, 0.3) is 11.1 Å². The number of furan rings is 1. The van der Waals surface area contributed by atoms with Crippen LogP contribution in [0.15, 0.2) is 17.0 Å². The number of nitrogens with two attached hydrogens (primary N) is 1. The molecule has 2 rings (SSSR count). The molecule has 0 aliphatic heterocycles. The Morgan fingerprint density at radius 3 is 2.93 bits per heavy atom. The Balaban J connectivity index is 2.57. The molecule has 2 aromatic rings. The first-order valence-corrected chi connectivity index (χ1v) is 4.65. The third-order valence-corrected chi connectivity index (χ3v) is 2.08. The smallest absolute Gasteiger partial charge is 0.231 e. The molecule has 0 aromatic carbocycles. The van der Waals surface area contributed by atoms with Gasteiger partial charge in [0.25, 0.3) is 0 Å². The van der Waals surface area contributed by atoms with Gasteiger partial charge in [0.15, 0.2) is 0 Å². The molecule has 0 atom stereocenters. The molecule has 4 heteroatoms. The molecule has 14 heavy (non-hydrogen) atoms. The van der Waals surface area contributed by atoms with E-state index in [1.807, 2.05) is 0 Å². The van der Waals surface area contributed by atoms with Crippen molar-refractivity contribution in [2.24, 2.45) is 5.92 Å². The average molecular weight is 191 g/mol. The van der Waals surface area contributed by atoms with Crippen molar-refractivity contribution in [2.75, 3.05) is 5.73 Å². The van der Waals surface area contributed by atoms with Crippen LogP contribution in [0, 0.1) is 5.92 Å². The van der Waals surface area contributed by atoms with Gasteiger partial charge >= 0.3 is 0 Å². The lowest BCUT2D eigenvalue weighted by atomic mass is 10.1. The summed E-state index contributed by atoms with van der Waals surface area (Å²) < 4.78 is 5.19. The van der Waals surface area contributed by atoms with Crippen molar-refractivity contribution in [1.29, 1.82) is 0 Å². The van der Waals surface area contributed by atoms with Crippen LogP contribution in [0.1, 0.15) is 19.5 Å². The second kappa shape index (κ2) is 3.29. The zero-order valence-corrected chi connectivity index (χ0v) is 8.32. The molecule has 2 aromatic heterocycles. The number of nitrogen functional groups attached to an aromatic ring is 1. The first-order chi connectivity index (χ1) is 6.68. The summed E-state index contributed by atoms with van der Waals surface area (Å²) in [7, 11) is 0. The number of anilines is 1. The summed E-state index contributed by atoms with van der Waals surface area (Å²) in [6.45, 7) is 4.29. The maximum atomic E-state index is 5.78. The summed E-state index contributed by atoms with van der Waals surface area (Å²) in [5.74, 6) is 0.544. The van der Waals surface area contributed by atoms with Crippen molar-refractivity contribution in [1.82, 2.24) is 9.97 Å². The summed E-state index contributed by atoms with van der Waals surface area (Å²) in [4.78, 5) is 8.24. The monoisotopic (exact) mass is 191 g/mol. The SMILES string of the molecule is CC(C)Cc1ncnc2occ(N)c12. The van der Waals surface area contributed by atoms with E-state index in [1.54, 1.807) is 0 Å². The lowest BCUT2D eigenvalue weighted by Gasteiger charge is -2.04. The minimum atomic E-state index is 0.544. The minimum absolute atomic E-state index is 0.544. The van der Waals surface area contributed by atoms with Crippen LogP contribution in [-0.2, 0) is 6.42 Å². The Morgan fingerprint density at radius 2 is 2.21 bits per heavy atom. The molecule has 2 N–H and O–H groups in total. The Kier molecular flexibility index (Phi) is 2.11. The highest BCUT2D eigenvalue weighted by Gasteiger charge is 2.11. The van der Waals surface area contributed by atoms with E-state index in [9.17, 15) is 0 Å². The zero-order valence-electron chi connectivity index (χ0n) is 8.32. The third kappa shape index (κ3) is 1.43. The van der Waals surface area contributed by atoms with Gasteiger partial charge in [0.05, 0.1) is 16.8 Å². The fraction of sp³-hybridized carbons (Fsp3) is 0.400. The Hall–Kier alpha value is -1.58. The second-order valence-electron chi connectivity index (χ2n) is 3.79. The number of rotatable bonds is 2. The number of aromatic nitrogens is 2. The molecule has 2 heterocycles. The van der Waals surface area contributed by atoms with Crippen molar-refractivity contribution >= 4 is 16.8 Å². The highest BCUT2D eigenvalue weighted by Crippen LogP contribution is 2.25. The first-order valence-electron chi connectivity index (χ1n) is 4.65. The van der Waals surface area contributed by atoms with Crippen molar-refractivity contribution in [2.45, 2.75) is 20.3 Å². The van der Waals surface area contributed by atoms with Gasteiger partial charge in [-0.05, 0) is 12.3 Å². The molecule has 0 unspecified atom stereocenters. The molecule has 0 saturated heterocycles. The maximum absolute atomic E-state index is 5.78. The predicted octanol–water partition coefficient (Wildman–Crippen LogP) is 2.00. The van der Waals surface area contributed by atoms with Gasteiger partial charge in [-0.25, -0.2) is 9.97 Å². The van der Waals surface area contributed by atoms with E-state index in [0.717, 1.165) is 17.5 Å². The normalized spacial score (nSPS) is 11.4. The van der Waals surface area contributed by atoms with E-state index in [0.29, 0.717) is 17.3 Å². The van der Waals surface area contributed by atoms with Gasteiger partial charge in [0.1, 0.15) is 12.6 Å². The van der Waals surface area contributed by atoms with Crippen molar-refractivity contribution in [3.8, 4) is 0 Å². The molecule has 0 fully saturated rings. The van der Waals surface area contributed by atoms with Crippen LogP contribution >= 0.6 is 0 Å². The topological polar surface area (TPSA) is 64.9 Å². The van der Waals surface area contributed by atoms with Gasteiger partial charge in [-0.15, -0.1) is 0 Å². The van der Waals surface area contributed by atoms with E-state index in [-0.39, 0.29) is 0 Å². The molecular formula is C10H13N3O. The summed E-state index contributed by atoms with van der Waals surface area (Å²) in [5, 5.41) is 0.862. The van der Waals surface area contributed by atoms with Crippen LogP contribution in [-0.4, -0.2) is 9.97 Å². The van der Waals surface area contributed by atoms with Gasteiger partial charge in [0.2, 0.25) is 5.71 Å². The van der Waals surface area contributed by atoms with Crippen LogP contribution in [0.3, 0.4) is 0 Å². The highest BCUT2D eigenvalue weighted by atomic mass is 16.3. The van der Waals surface area contributed by atoms with Crippen molar-refractivity contribution in [3.63, 3.8) is 0 Å². The predicted molar refractivity (Wildman–Crippen MR) is 54.8 cm³/mol. The minimum Gasteiger partial charge on any atom is -0.444 e. The Morgan fingerprint density at radius 1 is 1.43 bits per heavy atom. The summed E-state index contributed by atoms with van der Waals surface area (Å²) in [5.41, 5.74) is 7.95. The molecule has 0 radical (unpaired) electrons. The van der Waals surface area contributed by atoms with E-state index in [1.165, 1.54) is 12.6 Å². The third-order valence-electron chi connectivity index (χ3n) is 2.08. The Labute approximate surface area is 82.1 Å². The molecule has 0 aliphatic carbocycles. The lowest BCUT2D eigenvalue weighted by molar-refractivity contribution is 0.600. The van der Waals surface area contributed by atoms with Gasteiger partial charge in [-0.1, -0.05) is 13.8 Å². The van der Waals surface area contributed by atoms with Crippen LogP contribution in [0.5, 0.6) is 0 Å². The van der Waals surface area contributed by atoms with E-state index in [2.05, 4.69) is 23.8 Å². The molecule has 74 valence electrons. The van der Waals surface area contributed by atoms with Crippen molar-refractivity contribution < 1.29 is 4.42 Å².